The van der Waals surface area contributed by atoms with Gasteiger partial charge in [0.2, 0.25) is 11.3 Å². The summed E-state index contributed by atoms with van der Waals surface area (Å²) in [4.78, 5) is 55.9. The first-order valence-corrected chi connectivity index (χ1v) is 19.0. The second kappa shape index (κ2) is 15.3. The Hall–Kier alpha value is -5.66. The summed E-state index contributed by atoms with van der Waals surface area (Å²) >= 11 is 6.15. The van der Waals surface area contributed by atoms with E-state index in [0.717, 1.165) is 29.9 Å². The molecule has 3 aliphatic rings. The number of aromatic nitrogens is 6. The SMILES string of the molecule is CCc1c(N2CCN(C(=O)c3ncnc(C)c3O)CC2)c(=O)c2nn(-c3ccc(CN4C[C@H]5C[C@@H]4CO5)c(F)c3)nc2n1CC(=O)Nc1ccc(C(F)(F)F)cc1Cl. The highest BCUT2D eigenvalue weighted by Gasteiger charge is 2.39. The van der Waals surface area contributed by atoms with Gasteiger partial charge in [0.25, 0.3) is 5.91 Å². The van der Waals surface area contributed by atoms with Gasteiger partial charge in [0, 0.05) is 62.6 Å². The van der Waals surface area contributed by atoms with Gasteiger partial charge >= 0.3 is 6.18 Å². The van der Waals surface area contributed by atoms with Crippen LogP contribution in [-0.2, 0) is 35.2 Å². The highest BCUT2D eigenvalue weighted by Crippen LogP contribution is 2.34. The minimum Gasteiger partial charge on any atom is -0.504 e. The molecule has 2 atom stereocenters. The number of benzene rings is 2. The summed E-state index contributed by atoms with van der Waals surface area (Å²) in [6.45, 7) is 5.28. The maximum absolute atomic E-state index is 15.6. The highest BCUT2D eigenvalue weighted by atomic mass is 35.5. The third-order valence-corrected chi connectivity index (χ3v) is 11.1. The number of nitrogens with zero attached hydrogens (tertiary/aromatic N) is 9. The Morgan fingerprint density at radius 3 is 2.50 bits per heavy atom. The van der Waals surface area contributed by atoms with Gasteiger partial charge in [0.05, 0.1) is 40.4 Å². The maximum Gasteiger partial charge on any atom is 0.416 e. The third kappa shape index (κ3) is 7.33. The molecule has 6 heterocycles. The number of anilines is 2. The normalized spacial score (nSPS) is 18.4. The van der Waals surface area contributed by atoms with Crippen molar-refractivity contribution in [3.8, 4) is 11.4 Å². The molecule has 3 aliphatic heterocycles. The van der Waals surface area contributed by atoms with Gasteiger partial charge < -0.3 is 29.5 Å². The van der Waals surface area contributed by atoms with Crippen LogP contribution >= 0.6 is 11.6 Å². The van der Waals surface area contributed by atoms with Crippen molar-refractivity contribution in [2.45, 2.75) is 58.1 Å². The summed E-state index contributed by atoms with van der Waals surface area (Å²) in [5, 5.41) is 21.7. The number of alkyl halides is 3. The number of rotatable bonds is 9. The summed E-state index contributed by atoms with van der Waals surface area (Å²) in [6.07, 6.45) is -2.16. The van der Waals surface area contributed by atoms with Crippen LogP contribution in [-0.4, -0.2) is 108 Å². The summed E-state index contributed by atoms with van der Waals surface area (Å²) in [7, 11) is 0. The average Bonchev–Trinajstić information content (AvgIpc) is 3.95. The number of hydrogen-bond donors (Lipinski definition) is 2. The first-order valence-electron chi connectivity index (χ1n) is 18.6. The fourth-order valence-corrected chi connectivity index (χ4v) is 8.04. The smallest absolute Gasteiger partial charge is 0.416 e. The van der Waals surface area contributed by atoms with Crippen molar-refractivity contribution in [1.82, 2.24) is 39.3 Å². The van der Waals surface area contributed by atoms with Gasteiger partial charge in [0.15, 0.2) is 22.6 Å². The molecule has 2 aromatic carbocycles. The van der Waals surface area contributed by atoms with Crippen LogP contribution < -0.4 is 15.6 Å². The van der Waals surface area contributed by atoms with Crippen LogP contribution in [0.5, 0.6) is 5.75 Å². The fourth-order valence-electron chi connectivity index (χ4n) is 7.81. The van der Waals surface area contributed by atoms with Crippen molar-refractivity contribution in [2.75, 3.05) is 49.5 Å². The lowest BCUT2D eigenvalue weighted by molar-refractivity contribution is -0.137. The van der Waals surface area contributed by atoms with E-state index < -0.39 is 41.3 Å². The number of hydrogen-bond acceptors (Lipinski definition) is 11. The second-order valence-electron chi connectivity index (χ2n) is 14.5. The minimum atomic E-state index is -4.65. The van der Waals surface area contributed by atoms with Gasteiger partial charge in [0.1, 0.15) is 24.4 Å². The first kappa shape index (κ1) is 39.2. The molecule has 2 bridgehead atoms. The number of amides is 2. The number of carbonyl (C=O) groups is 2. The number of fused-ring (bicyclic) bond motifs is 3. The molecule has 3 fully saturated rings. The maximum atomic E-state index is 15.6. The molecule has 58 heavy (non-hydrogen) atoms. The Kier molecular flexibility index (Phi) is 10.3. The molecule has 0 unspecified atom stereocenters. The van der Waals surface area contributed by atoms with Crippen molar-refractivity contribution in [2.24, 2.45) is 0 Å². The lowest BCUT2D eigenvalue weighted by atomic mass is 10.1. The van der Waals surface area contributed by atoms with E-state index in [1.165, 1.54) is 21.9 Å². The largest absolute Gasteiger partial charge is 0.504 e. The number of nitrogens with one attached hydrogen (secondary N) is 1. The van der Waals surface area contributed by atoms with E-state index in [9.17, 15) is 32.7 Å². The van der Waals surface area contributed by atoms with Crippen LogP contribution in [0, 0.1) is 12.7 Å². The number of halogens is 5. The van der Waals surface area contributed by atoms with E-state index in [1.807, 2.05) is 0 Å². The van der Waals surface area contributed by atoms with E-state index >= 15 is 4.39 Å². The van der Waals surface area contributed by atoms with Gasteiger partial charge in [-0.25, -0.2) is 14.4 Å². The van der Waals surface area contributed by atoms with Crippen molar-refractivity contribution in [1.29, 1.82) is 0 Å². The van der Waals surface area contributed by atoms with Crippen LogP contribution in [0.4, 0.5) is 28.9 Å². The van der Waals surface area contributed by atoms with Gasteiger partial charge in [-0.2, -0.15) is 13.2 Å². The average molecular weight is 825 g/mol. The highest BCUT2D eigenvalue weighted by molar-refractivity contribution is 6.33. The second-order valence-corrected chi connectivity index (χ2v) is 14.9. The van der Waals surface area contributed by atoms with Gasteiger partial charge in [-0.05, 0) is 44.0 Å². The van der Waals surface area contributed by atoms with Crippen LogP contribution in [0.1, 0.15) is 46.3 Å². The number of aryl methyl sites for hydroxylation is 1. The Morgan fingerprint density at radius 2 is 1.84 bits per heavy atom. The number of piperazine rings is 1. The van der Waals surface area contributed by atoms with Crippen molar-refractivity contribution < 1.29 is 37.0 Å². The predicted octanol–water partition coefficient (Wildman–Crippen LogP) is 4.33. The van der Waals surface area contributed by atoms with Crippen molar-refractivity contribution in [3.05, 3.63) is 92.0 Å². The number of ether oxygens (including phenoxy) is 1. The van der Waals surface area contributed by atoms with E-state index in [1.54, 1.807) is 30.9 Å². The predicted molar refractivity (Wildman–Crippen MR) is 203 cm³/mol. The fraction of sp³-hybridized carbons (Fsp3) is 0.395. The molecule has 2 N–H and O–H groups in total. The molecule has 5 aromatic rings. The number of likely N-dealkylation sites (tertiary alicyclic amines) is 1. The molecule has 0 spiro atoms. The lowest BCUT2D eigenvalue weighted by Crippen LogP contribution is -2.50. The molecule has 2 amide bonds. The van der Waals surface area contributed by atoms with Crippen LogP contribution in [0.25, 0.3) is 16.9 Å². The van der Waals surface area contributed by atoms with E-state index in [0.29, 0.717) is 30.5 Å². The Balaban J connectivity index is 1.13. The Bertz CT molecular complexity index is 2500. The molecule has 304 valence electrons. The zero-order valence-corrected chi connectivity index (χ0v) is 32.0. The number of pyridine rings is 1. The quantitative estimate of drug-likeness (QED) is 0.204. The molecular weight excluding hydrogens is 788 g/mol. The molecule has 0 saturated carbocycles. The number of carbonyl (C=O) groups excluding carboxylic acids is 2. The summed E-state index contributed by atoms with van der Waals surface area (Å²) in [5.41, 5.74) is -0.244. The molecular formula is C38H37ClF4N10O5. The standard InChI is InChI=1S/C38H37ClF4N10O5/c1-3-29-33(49-8-10-50(11-9-49)37(57)32-34(55)20(2)44-19-45-32)35(56)31-36(52(29)17-30(54)46-28-7-5-22(12-26(28)39)38(41,42)43)48-53(47-31)23-6-4-21(27(40)14-23)15-51-16-25-13-24(51)18-58-25/h4-7,12,14,19,24-25,55H,3,8-11,13,15-18H2,1-2H3,(H,46,54)/t24-,25-/m1/s1. The Labute approximate surface area is 332 Å². The van der Waals surface area contributed by atoms with E-state index in [2.05, 4.69) is 30.4 Å². The first-order chi connectivity index (χ1) is 27.7. The van der Waals surface area contributed by atoms with Crippen molar-refractivity contribution in [3.63, 3.8) is 0 Å². The van der Waals surface area contributed by atoms with Gasteiger partial charge in [-0.3, -0.25) is 19.3 Å². The van der Waals surface area contributed by atoms with Gasteiger partial charge in [-0.1, -0.05) is 24.6 Å². The molecule has 15 nitrogen and oxygen atoms in total. The molecule has 0 aliphatic carbocycles. The monoisotopic (exact) mass is 824 g/mol. The van der Waals surface area contributed by atoms with Crippen molar-refractivity contribution >= 4 is 46.0 Å². The minimum absolute atomic E-state index is 0.0141. The van der Waals surface area contributed by atoms with Gasteiger partial charge in [-0.15, -0.1) is 15.0 Å². The lowest BCUT2D eigenvalue weighted by Gasteiger charge is -2.36. The van der Waals surface area contributed by atoms with E-state index in [-0.39, 0.29) is 95.1 Å². The summed E-state index contributed by atoms with van der Waals surface area (Å²) < 4.78 is 62.7. The molecule has 0 radical (unpaired) electrons. The van der Waals surface area contributed by atoms with Crippen LogP contribution in [0.15, 0.2) is 47.5 Å². The summed E-state index contributed by atoms with van der Waals surface area (Å²) in [6, 6.07) is 7.36. The summed E-state index contributed by atoms with van der Waals surface area (Å²) in [5.74, 6) is -2.00. The zero-order chi connectivity index (χ0) is 41.0. The Morgan fingerprint density at radius 1 is 1.07 bits per heavy atom. The number of aromatic hydroxyl groups is 1. The molecule has 8 rings (SSSR count). The topological polar surface area (TPSA) is 164 Å². The number of morpholine rings is 1. The van der Waals surface area contributed by atoms with E-state index in [4.69, 9.17) is 16.3 Å². The third-order valence-electron chi connectivity index (χ3n) is 10.8. The van der Waals surface area contributed by atoms with Crippen LogP contribution in [0.3, 0.4) is 0 Å². The zero-order valence-electron chi connectivity index (χ0n) is 31.3. The molecule has 20 heteroatoms. The molecule has 3 saturated heterocycles. The van der Waals surface area contributed by atoms with Crippen LogP contribution in [0.2, 0.25) is 5.02 Å². The molecule has 3 aromatic heterocycles.